The summed E-state index contributed by atoms with van der Waals surface area (Å²) >= 11 is 0. The Morgan fingerprint density at radius 1 is 1.07 bits per heavy atom. The Labute approximate surface area is 160 Å². The van der Waals surface area contributed by atoms with Crippen molar-refractivity contribution >= 4 is 5.91 Å². The Morgan fingerprint density at radius 2 is 1.93 bits per heavy atom. The van der Waals surface area contributed by atoms with Crippen LogP contribution in [0.2, 0.25) is 0 Å². The van der Waals surface area contributed by atoms with Crippen molar-refractivity contribution in [2.24, 2.45) is 0 Å². The summed E-state index contributed by atoms with van der Waals surface area (Å²) in [4.78, 5) is 25.5. The normalized spacial score (nSPS) is 17.4. The number of hydrogen-bond donors (Lipinski definition) is 0. The van der Waals surface area contributed by atoms with Gasteiger partial charge in [-0.3, -0.25) is 19.7 Å². The molecule has 3 heterocycles. The van der Waals surface area contributed by atoms with E-state index in [1.807, 2.05) is 23.2 Å². The fraction of sp³-hybridized carbons (Fsp3) is 0.476. The molecule has 1 fully saturated rings. The van der Waals surface area contributed by atoms with Crippen LogP contribution in [0.3, 0.4) is 0 Å². The van der Waals surface area contributed by atoms with Gasteiger partial charge in [0.05, 0.1) is 0 Å². The fourth-order valence-electron chi connectivity index (χ4n) is 3.86. The van der Waals surface area contributed by atoms with Crippen molar-refractivity contribution in [1.29, 1.82) is 0 Å². The molecule has 0 spiro atoms. The summed E-state index contributed by atoms with van der Waals surface area (Å²) in [6.45, 7) is 4.25. The van der Waals surface area contributed by atoms with E-state index in [0.717, 1.165) is 57.0 Å². The van der Waals surface area contributed by atoms with Crippen molar-refractivity contribution in [3.8, 4) is 5.75 Å². The van der Waals surface area contributed by atoms with Crippen LogP contribution in [0, 0.1) is 0 Å². The predicted octanol–water partition coefficient (Wildman–Crippen LogP) is 2.08. The third-order valence-electron chi connectivity index (χ3n) is 5.40. The lowest BCUT2D eigenvalue weighted by molar-refractivity contribution is -0.135. The number of piperazine rings is 1. The van der Waals surface area contributed by atoms with Gasteiger partial charge in [-0.15, -0.1) is 0 Å². The van der Waals surface area contributed by atoms with Crippen LogP contribution in [0.15, 0.2) is 36.8 Å². The van der Waals surface area contributed by atoms with E-state index in [-0.39, 0.29) is 12.5 Å². The van der Waals surface area contributed by atoms with Crippen LogP contribution >= 0.6 is 0 Å². The maximum Gasteiger partial charge on any atom is 0.260 e. The van der Waals surface area contributed by atoms with E-state index >= 15 is 0 Å². The molecule has 6 heteroatoms. The third kappa shape index (κ3) is 4.45. The van der Waals surface area contributed by atoms with Gasteiger partial charge in [-0.2, -0.15) is 0 Å². The number of rotatable bonds is 5. The minimum atomic E-state index is 0.0670. The molecule has 1 aliphatic heterocycles. The van der Waals surface area contributed by atoms with Crippen LogP contribution in [0.5, 0.6) is 5.75 Å². The molecular formula is C21H26N4O2. The van der Waals surface area contributed by atoms with Crippen LogP contribution in [0.25, 0.3) is 0 Å². The van der Waals surface area contributed by atoms with Crippen molar-refractivity contribution in [2.75, 3.05) is 32.8 Å². The van der Waals surface area contributed by atoms with E-state index in [9.17, 15) is 4.79 Å². The highest BCUT2D eigenvalue weighted by atomic mass is 16.5. The van der Waals surface area contributed by atoms with Crippen LogP contribution < -0.4 is 4.74 Å². The van der Waals surface area contributed by atoms with Gasteiger partial charge in [-0.1, -0.05) is 6.07 Å². The van der Waals surface area contributed by atoms with Crippen LogP contribution in [-0.4, -0.2) is 58.5 Å². The van der Waals surface area contributed by atoms with Crippen LogP contribution in [0.4, 0.5) is 0 Å². The van der Waals surface area contributed by atoms with E-state index < -0.39 is 0 Å². The first-order chi connectivity index (χ1) is 13.3. The highest BCUT2D eigenvalue weighted by Crippen LogP contribution is 2.27. The molecule has 142 valence electrons. The molecule has 0 atom stereocenters. The van der Waals surface area contributed by atoms with E-state index in [1.165, 1.54) is 24.0 Å². The number of nitrogens with zero attached hydrogens (tertiary/aromatic N) is 4. The number of pyridine rings is 2. The van der Waals surface area contributed by atoms with Crippen molar-refractivity contribution in [3.05, 3.63) is 53.6 Å². The molecule has 1 aliphatic carbocycles. The van der Waals surface area contributed by atoms with Gasteiger partial charge >= 0.3 is 0 Å². The molecule has 0 N–H and O–H groups in total. The molecule has 27 heavy (non-hydrogen) atoms. The van der Waals surface area contributed by atoms with Gasteiger partial charge in [0.2, 0.25) is 0 Å². The van der Waals surface area contributed by atoms with Gasteiger partial charge in [0.25, 0.3) is 5.91 Å². The van der Waals surface area contributed by atoms with Crippen LogP contribution in [0.1, 0.15) is 29.7 Å². The molecule has 0 aromatic carbocycles. The number of carbonyl (C=O) groups is 1. The van der Waals surface area contributed by atoms with Gasteiger partial charge in [0, 0.05) is 62.6 Å². The zero-order chi connectivity index (χ0) is 18.5. The number of amides is 1. The molecule has 4 rings (SSSR count). The summed E-state index contributed by atoms with van der Waals surface area (Å²) in [6.07, 6.45) is 9.86. The summed E-state index contributed by atoms with van der Waals surface area (Å²) < 4.78 is 5.89. The second-order valence-electron chi connectivity index (χ2n) is 7.25. The van der Waals surface area contributed by atoms with Gasteiger partial charge in [0.1, 0.15) is 5.75 Å². The second-order valence-corrected chi connectivity index (χ2v) is 7.25. The quantitative estimate of drug-likeness (QED) is 0.811. The molecule has 1 amide bonds. The van der Waals surface area contributed by atoms with Gasteiger partial charge in [-0.05, 0) is 43.4 Å². The highest BCUT2D eigenvalue weighted by molar-refractivity contribution is 5.78. The minimum absolute atomic E-state index is 0.0670. The van der Waals surface area contributed by atoms with E-state index in [0.29, 0.717) is 0 Å². The molecule has 0 saturated carbocycles. The number of hydrogen-bond acceptors (Lipinski definition) is 5. The average molecular weight is 366 g/mol. The first-order valence-electron chi connectivity index (χ1n) is 9.78. The molecule has 2 aromatic heterocycles. The Bertz CT molecular complexity index is 773. The first kappa shape index (κ1) is 17.9. The molecular weight excluding hydrogens is 340 g/mol. The van der Waals surface area contributed by atoms with Crippen molar-refractivity contribution < 1.29 is 9.53 Å². The summed E-state index contributed by atoms with van der Waals surface area (Å²) in [6, 6.07) is 5.95. The Kier molecular flexibility index (Phi) is 5.63. The molecule has 6 nitrogen and oxygen atoms in total. The lowest BCUT2D eigenvalue weighted by Gasteiger charge is -2.34. The number of aryl methyl sites for hydroxylation is 1. The summed E-state index contributed by atoms with van der Waals surface area (Å²) in [7, 11) is 0. The lowest BCUT2D eigenvalue weighted by Crippen LogP contribution is -2.49. The number of aromatic nitrogens is 2. The highest BCUT2D eigenvalue weighted by Gasteiger charge is 2.22. The molecule has 0 unspecified atom stereocenters. The van der Waals surface area contributed by atoms with Crippen molar-refractivity contribution in [3.63, 3.8) is 0 Å². The molecule has 2 aliphatic rings. The SMILES string of the molecule is O=C(COc1ccnc2c1CCCC2)N1CCN(Cc2cccnc2)CC1. The molecule has 2 aromatic rings. The largest absolute Gasteiger partial charge is 0.483 e. The van der Waals surface area contributed by atoms with Crippen LogP contribution in [-0.2, 0) is 24.2 Å². The Hall–Kier alpha value is -2.47. The summed E-state index contributed by atoms with van der Waals surface area (Å²) in [5, 5.41) is 0. The number of ether oxygens (including phenoxy) is 1. The van der Waals surface area contributed by atoms with E-state index in [4.69, 9.17) is 4.74 Å². The number of carbonyl (C=O) groups excluding carboxylic acids is 1. The summed E-state index contributed by atoms with van der Waals surface area (Å²) in [5.41, 5.74) is 3.54. The standard InChI is InChI=1S/C21H26N4O2/c26-21(16-27-20-7-9-23-19-6-2-1-5-18(19)20)25-12-10-24(11-13-25)15-17-4-3-8-22-14-17/h3-4,7-9,14H,1-2,5-6,10-13,15-16H2. The zero-order valence-electron chi connectivity index (χ0n) is 15.6. The monoisotopic (exact) mass is 366 g/mol. The Balaban J connectivity index is 1.27. The van der Waals surface area contributed by atoms with Gasteiger partial charge in [0.15, 0.2) is 6.61 Å². The topological polar surface area (TPSA) is 58.6 Å². The average Bonchev–Trinajstić information content (AvgIpc) is 2.73. The zero-order valence-corrected chi connectivity index (χ0v) is 15.6. The summed E-state index contributed by atoms with van der Waals surface area (Å²) in [5.74, 6) is 0.903. The number of fused-ring (bicyclic) bond motifs is 1. The van der Waals surface area contributed by atoms with Crippen molar-refractivity contribution in [1.82, 2.24) is 19.8 Å². The molecule has 0 bridgehead atoms. The second kappa shape index (κ2) is 8.48. The lowest BCUT2D eigenvalue weighted by atomic mass is 9.95. The maximum absolute atomic E-state index is 12.6. The van der Waals surface area contributed by atoms with Gasteiger partial charge < -0.3 is 9.64 Å². The molecule has 1 saturated heterocycles. The van der Waals surface area contributed by atoms with E-state index in [1.54, 1.807) is 12.4 Å². The predicted molar refractivity (Wildman–Crippen MR) is 102 cm³/mol. The fourth-order valence-corrected chi connectivity index (χ4v) is 3.86. The van der Waals surface area contributed by atoms with Crippen molar-refractivity contribution in [2.45, 2.75) is 32.2 Å². The third-order valence-corrected chi connectivity index (χ3v) is 5.40. The minimum Gasteiger partial charge on any atom is -0.483 e. The smallest absolute Gasteiger partial charge is 0.260 e. The van der Waals surface area contributed by atoms with Gasteiger partial charge in [-0.25, -0.2) is 0 Å². The van der Waals surface area contributed by atoms with E-state index in [2.05, 4.69) is 20.9 Å². The Morgan fingerprint density at radius 3 is 2.74 bits per heavy atom. The first-order valence-corrected chi connectivity index (χ1v) is 9.78. The maximum atomic E-state index is 12.6. The molecule has 0 radical (unpaired) electrons.